The predicted molar refractivity (Wildman–Crippen MR) is 94.4 cm³/mol. The number of fused-ring (bicyclic) bond motifs is 3. The van der Waals surface area contributed by atoms with Crippen LogP contribution in [0.5, 0.6) is 11.5 Å². The second-order valence-electron chi connectivity index (χ2n) is 7.23. The zero-order chi connectivity index (χ0) is 16.9. The van der Waals surface area contributed by atoms with E-state index in [-0.39, 0.29) is 11.6 Å². The van der Waals surface area contributed by atoms with Gasteiger partial charge in [0.05, 0.1) is 18.9 Å². The van der Waals surface area contributed by atoms with Gasteiger partial charge in [0.1, 0.15) is 5.60 Å². The highest BCUT2D eigenvalue weighted by molar-refractivity contribution is 6.15. The van der Waals surface area contributed by atoms with Gasteiger partial charge >= 0.3 is 0 Å². The molecule has 4 nitrogen and oxygen atoms in total. The summed E-state index contributed by atoms with van der Waals surface area (Å²) in [5.41, 5.74) is 5.66. The minimum atomic E-state index is -0.225. The second kappa shape index (κ2) is 5.33. The first-order valence-corrected chi connectivity index (χ1v) is 8.39. The summed E-state index contributed by atoms with van der Waals surface area (Å²) in [5.74, 6) is 1.70. The van der Waals surface area contributed by atoms with Crippen LogP contribution in [0.2, 0.25) is 0 Å². The third-order valence-electron chi connectivity index (χ3n) is 4.68. The van der Waals surface area contributed by atoms with E-state index >= 15 is 0 Å². The molecular formula is C20H22N2O2. The lowest BCUT2D eigenvalue weighted by Gasteiger charge is -2.24. The molecule has 3 heterocycles. The molecule has 124 valence electrons. The van der Waals surface area contributed by atoms with Crippen molar-refractivity contribution in [3.05, 3.63) is 52.8 Å². The van der Waals surface area contributed by atoms with Crippen LogP contribution < -0.4 is 9.47 Å². The van der Waals surface area contributed by atoms with Crippen molar-refractivity contribution in [2.75, 3.05) is 7.11 Å². The van der Waals surface area contributed by atoms with Gasteiger partial charge in [-0.1, -0.05) is 0 Å². The monoisotopic (exact) mass is 322 g/mol. The molecule has 0 amide bonds. The van der Waals surface area contributed by atoms with E-state index in [1.165, 1.54) is 16.7 Å². The number of hydrogen-bond donors (Lipinski definition) is 0. The average molecular weight is 322 g/mol. The lowest BCUT2D eigenvalue weighted by atomic mass is 9.85. The summed E-state index contributed by atoms with van der Waals surface area (Å²) >= 11 is 0. The lowest BCUT2D eigenvalue weighted by molar-refractivity contribution is 0.134. The van der Waals surface area contributed by atoms with Crippen molar-refractivity contribution in [1.82, 2.24) is 4.98 Å². The highest BCUT2D eigenvalue weighted by Crippen LogP contribution is 2.46. The third-order valence-corrected chi connectivity index (χ3v) is 4.68. The molecule has 2 aromatic rings. The Morgan fingerprint density at radius 1 is 1.25 bits per heavy atom. The van der Waals surface area contributed by atoms with Gasteiger partial charge in [-0.3, -0.25) is 9.98 Å². The van der Waals surface area contributed by atoms with E-state index in [1.807, 2.05) is 24.5 Å². The van der Waals surface area contributed by atoms with Gasteiger partial charge in [0.25, 0.3) is 0 Å². The molecule has 4 rings (SSSR count). The molecule has 4 heteroatoms. The maximum Gasteiger partial charge on any atom is 0.166 e. The summed E-state index contributed by atoms with van der Waals surface area (Å²) in [7, 11) is 1.71. The van der Waals surface area contributed by atoms with E-state index in [4.69, 9.17) is 14.5 Å². The summed E-state index contributed by atoms with van der Waals surface area (Å²) in [5, 5.41) is 0. The minimum absolute atomic E-state index is 0.225. The Morgan fingerprint density at radius 2 is 2.00 bits per heavy atom. The van der Waals surface area contributed by atoms with E-state index in [2.05, 4.69) is 31.8 Å². The Morgan fingerprint density at radius 3 is 2.71 bits per heavy atom. The van der Waals surface area contributed by atoms with E-state index in [0.717, 1.165) is 35.6 Å². The molecule has 0 saturated heterocycles. The molecule has 0 N–H and O–H groups in total. The fourth-order valence-electron chi connectivity index (χ4n) is 3.76. The first-order valence-electron chi connectivity index (χ1n) is 8.39. The number of methoxy groups -OCH3 is 1. The smallest absolute Gasteiger partial charge is 0.166 e. The predicted octanol–water partition coefficient (Wildman–Crippen LogP) is 3.59. The number of aromatic nitrogens is 1. The molecule has 1 aromatic carbocycles. The van der Waals surface area contributed by atoms with E-state index in [0.29, 0.717) is 0 Å². The molecule has 0 bridgehead atoms. The van der Waals surface area contributed by atoms with Crippen molar-refractivity contribution in [2.45, 2.75) is 45.3 Å². The molecule has 1 aromatic heterocycles. The number of ether oxygens (including phenoxy) is 2. The average Bonchev–Trinajstić information content (AvgIpc) is 2.89. The number of hydrogen-bond acceptors (Lipinski definition) is 4. The molecule has 2 aliphatic heterocycles. The maximum atomic E-state index is 6.20. The quantitative estimate of drug-likeness (QED) is 0.849. The standard InChI is InChI=1S/C20H22N2O2/c1-12-9-14-10-16(23-4)19-15(11-20(2,3)24-19)17(14)18(22-12)13-5-7-21-8-6-13/h5-8,10,12H,9,11H2,1-4H3. The van der Waals surface area contributed by atoms with Crippen molar-refractivity contribution >= 4 is 5.71 Å². The van der Waals surface area contributed by atoms with E-state index in [9.17, 15) is 0 Å². The first-order chi connectivity index (χ1) is 11.5. The molecule has 24 heavy (non-hydrogen) atoms. The van der Waals surface area contributed by atoms with Crippen LogP contribution in [0, 0.1) is 0 Å². The molecule has 0 saturated carbocycles. The van der Waals surface area contributed by atoms with Gasteiger partial charge in [-0.2, -0.15) is 0 Å². The van der Waals surface area contributed by atoms with Crippen molar-refractivity contribution in [3.63, 3.8) is 0 Å². The van der Waals surface area contributed by atoms with Crippen molar-refractivity contribution in [2.24, 2.45) is 4.99 Å². The topological polar surface area (TPSA) is 43.7 Å². The van der Waals surface area contributed by atoms with E-state index in [1.54, 1.807) is 7.11 Å². The van der Waals surface area contributed by atoms with Gasteiger partial charge in [-0.15, -0.1) is 0 Å². The van der Waals surface area contributed by atoms with Crippen LogP contribution in [0.15, 0.2) is 35.6 Å². The Balaban J connectivity index is 1.97. The molecule has 0 radical (unpaired) electrons. The summed E-state index contributed by atoms with van der Waals surface area (Å²) in [6, 6.07) is 6.43. The van der Waals surface area contributed by atoms with Crippen molar-refractivity contribution in [1.29, 1.82) is 0 Å². The van der Waals surface area contributed by atoms with Crippen LogP contribution in [0.3, 0.4) is 0 Å². The van der Waals surface area contributed by atoms with Gasteiger partial charge in [0.15, 0.2) is 11.5 Å². The Kier molecular flexibility index (Phi) is 3.37. The van der Waals surface area contributed by atoms with Gasteiger partial charge in [-0.05, 0) is 51.0 Å². The zero-order valence-electron chi connectivity index (χ0n) is 14.6. The highest BCUT2D eigenvalue weighted by Gasteiger charge is 2.38. The molecule has 1 atom stereocenters. The van der Waals surface area contributed by atoms with Crippen LogP contribution in [-0.4, -0.2) is 29.4 Å². The lowest BCUT2D eigenvalue weighted by Crippen LogP contribution is -2.25. The number of nitrogens with zero attached hydrogens (tertiary/aromatic N) is 2. The molecular weight excluding hydrogens is 300 g/mol. The molecule has 0 spiro atoms. The number of aliphatic imine (C=N–C) groups is 1. The van der Waals surface area contributed by atoms with E-state index < -0.39 is 0 Å². The van der Waals surface area contributed by atoms with Crippen LogP contribution in [-0.2, 0) is 12.8 Å². The van der Waals surface area contributed by atoms with Crippen molar-refractivity contribution < 1.29 is 9.47 Å². The Labute approximate surface area is 142 Å². The zero-order valence-corrected chi connectivity index (χ0v) is 14.6. The Bertz CT molecular complexity index is 825. The van der Waals surface area contributed by atoms with Gasteiger partial charge in [0, 0.05) is 35.5 Å². The molecule has 0 aliphatic carbocycles. The van der Waals surface area contributed by atoms with Gasteiger partial charge < -0.3 is 9.47 Å². The second-order valence-corrected chi connectivity index (χ2v) is 7.23. The molecule has 2 aliphatic rings. The fourth-order valence-corrected chi connectivity index (χ4v) is 3.76. The number of benzene rings is 1. The summed E-state index contributed by atoms with van der Waals surface area (Å²) in [4.78, 5) is 9.11. The Hall–Kier alpha value is -2.36. The minimum Gasteiger partial charge on any atom is -0.493 e. The summed E-state index contributed by atoms with van der Waals surface area (Å²) < 4.78 is 11.8. The third kappa shape index (κ3) is 2.37. The van der Waals surface area contributed by atoms with Gasteiger partial charge in [0.2, 0.25) is 0 Å². The van der Waals surface area contributed by atoms with Crippen molar-refractivity contribution in [3.8, 4) is 11.5 Å². The fraction of sp³-hybridized carbons (Fsp3) is 0.400. The summed E-state index contributed by atoms with van der Waals surface area (Å²) in [6.07, 6.45) is 5.43. The summed E-state index contributed by atoms with van der Waals surface area (Å²) in [6.45, 7) is 6.39. The van der Waals surface area contributed by atoms with Crippen LogP contribution in [0.25, 0.3) is 0 Å². The first kappa shape index (κ1) is 15.2. The highest BCUT2D eigenvalue weighted by atomic mass is 16.5. The number of rotatable bonds is 2. The SMILES string of the molecule is COc1cc2c(c3c1OC(C)(C)C3)C(c1ccncc1)=NC(C)C2. The molecule has 1 unspecified atom stereocenters. The largest absolute Gasteiger partial charge is 0.493 e. The maximum absolute atomic E-state index is 6.20. The van der Waals surface area contributed by atoms with Crippen LogP contribution in [0.1, 0.15) is 43.0 Å². The number of pyridine rings is 1. The van der Waals surface area contributed by atoms with Crippen LogP contribution in [0.4, 0.5) is 0 Å². The van der Waals surface area contributed by atoms with Crippen LogP contribution >= 0.6 is 0 Å². The normalized spacial score (nSPS) is 20.7. The molecule has 0 fully saturated rings. The van der Waals surface area contributed by atoms with Gasteiger partial charge in [-0.25, -0.2) is 0 Å².